The predicted molar refractivity (Wildman–Crippen MR) is 79.7 cm³/mol. The molecule has 0 aliphatic carbocycles. The maximum absolute atomic E-state index is 13.4. The zero-order valence-electron chi connectivity index (χ0n) is 12.5. The van der Waals surface area contributed by atoms with Crippen LogP contribution in [0.1, 0.15) is 35.2 Å². The molecule has 0 unspecified atom stereocenters. The van der Waals surface area contributed by atoms with E-state index in [4.69, 9.17) is 10.5 Å². The Kier molecular flexibility index (Phi) is 5.70. The van der Waals surface area contributed by atoms with E-state index in [2.05, 4.69) is 0 Å². The van der Waals surface area contributed by atoms with Crippen LogP contribution in [-0.4, -0.2) is 43.2 Å². The van der Waals surface area contributed by atoms with Crippen molar-refractivity contribution in [3.8, 4) is 0 Å². The Morgan fingerprint density at radius 2 is 2.10 bits per heavy atom. The minimum atomic E-state index is -0.363. The van der Waals surface area contributed by atoms with Crippen LogP contribution in [0.25, 0.3) is 0 Å². The van der Waals surface area contributed by atoms with E-state index >= 15 is 0 Å². The molecule has 2 N–H and O–H groups in total. The fourth-order valence-electron chi connectivity index (χ4n) is 2.60. The van der Waals surface area contributed by atoms with E-state index < -0.39 is 0 Å². The number of hydrogen-bond donors (Lipinski definition) is 1. The SMILES string of the molecule is Cc1cc(F)cc(C(=O)N2CCC(OCCCN)CC2)c1. The fourth-order valence-corrected chi connectivity index (χ4v) is 2.60. The van der Waals surface area contributed by atoms with E-state index in [-0.39, 0.29) is 17.8 Å². The molecule has 21 heavy (non-hydrogen) atoms. The molecule has 1 saturated heterocycles. The second kappa shape index (κ2) is 7.52. The fraction of sp³-hybridized carbons (Fsp3) is 0.562. The van der Waals surface area contributed by atoms with Crippen molar-refractivity contribution < 1.29 is 13.9 Å². The van der Waals surface area contributed by atoms with Crippen LogP contribution in [0.15, 0.2) is 18.2 Å². The van der Waals surface area contributed by atoms with Gasteiger partial charge in [0.1, 0.15) is 5.82 Å². The van der Waals surface area contributed by atoms with Crippen molar-refractivity contribution in [1.82, 2.24) is 4.90 Å². The summed E-state index contributed by atoms with van der Waals surface area (Å²) in [5.74, 6) is -0.462. The molecule has 1 amide bonds. The van der Waals surface area contributed by atoms with Gasteiger partial charge in [0.25, 0.3) is 5.91 Å². The summed E-state index contributed by atoms with van der Waals surface area (Å²) < 4.78 is 19.1. The zero-order chi connectivity index (χ0) is 15.2. The van der Waals surface area contributed by atoms with Crippen LogP contribution >= 0.6 is 0 Å². The Labute approximate surface area is 125 Å². The number of benzene rings is 1. The van der Waals surface area contributed by atoms with Crippen molar-refractivity contribution in [3.05, 3.63) is 35.1 Å². The smallest absolute Gasteiger partial charge is 0.253 e. The largest absolute Gasteiger partial charge is 0.378 e. The second-order valence-electron chi connectivity index (χ2n) is 5.52. The maximum Gasteiger partial charge on any atom is 0.253 e. The van der Waals surface area contributed by atoms with Gasteiger partial charge in [0.05, 0.1) is 6.10 Å². The molecule has 116 valence electrons. The van der Waals surface area contributed by atoms with Crippen molar-refractivity contribution in [2.24, 2.45) is 5.73 Å². The van der Waals surface area contributed by atoms with Gasteiger partial charge in [-0.2, -0.15) is 0 Å². The van der Waals surface area contributed by atoms with Gasteiger partial charge in [0.15, 0.2) is 0 Å². The molecule has 1 aromatic rings. The minimum Gasteiger partial charge on any atom is -0.378 e. The molecule has 0 atom stereocenters. The van der Waals surface area contributed by atoms with Crippen LogP contribution in [0.4, 0.5) is 4.39 Å². The molecule has 1 aliphatic heterocycles. The first-order chi connectivity index (χ1) is 10.1. The highest BCUT2D eigenvalue weighted by molar-refractivity contribution is 5.94. The number of piperidine rings is 1. The summed E-state index contributed by atoms with van der Waals surface area (Å²) in [5.41, 5.74) is 6.62. The summed E-state index contributed by atoms with van der Waals surface area (Å²) in [7, 11) is 0. The summed E-state index contributed by atoms with van der Waals surface area (Å²) >= 11 is 0. The molecular weight excluding hydrogens is 271 g/mol. The summed E-state index contributed by atoms with van der Waals surface area (Å²) in [6.45, 7) is 4.41. The van der Waals surface area contributed by atoms with E-state index in [1.54, 1.807) is 17.9 Å². The summed E-state index contributed by atoms with van der Waals surface area (Å²) in [6.07, 6.45) is 2.71. The molecule has 0 aromatic heterocycles. The molecule has 5 heteroatoms. The van der Waals surface area contributed by atoms with Gasteiger partial charge in [-0.25, -0.2) is 4.39 Å². The Bertz CT molecular complexity index is 465. The average molecular weight is 294 g/mol. The number of nitrogens with two attached hydrogens (primary N) is 1. The first kappa shape index (κ1) is 15.9. The highest BCUT2D eigenvalue weighted by Gasteiger charge is 2.24. The van der Waals surface area contributed by atoms with Gasteiger partial charge in [0, 0.05) is 25.3 Å². The van der Waals surface area contributed by atoms with Gasteiger partial charge >= 0.3 is 0 Å². The first-order valence-electron chi connectivity index (χ1n) is 7.48. The minimum absolute atomic E-state index is 0.0991. The Hall–Kier alpha value is -1.46. The number of likely N-dealkylation sites (tertiary alicyclic amines) is 1. The van der Waals surface area contributed by atoms with Crippen LogP contribution in [0.2, 0.25) is 0 Å². The van der Waals surface area contributed by atoms with E-state index in [1.165, 1.54) is 12.1 Å². The number of carbonyl (C=O) groups is 1. The van der Waals surface area contributed by atoms with E-state index in [1.807, 2.05) is 0 Å². The summed E-state index contributed by atoms with van der Waals surface area (Å²) in [5, 5.41) is 0. The Morgan fingerprint density at radius 1 is 1.38 bits per heavy atom. The maximum atomic E-state index is 13.4. The third-order valence-corrected chi connectivity index (χ3v) is 3.72. The van der Waals surface area contributed by atoms with Gasteiger partial charge < -0.3 is 15.4 Å². The molecule has 4 nitrogen and oxygen atoms in total. The van der Waals surface area contributed by atoms with Crippen LogP contribution in [0, 0.1) is 12.7 Å². The average Bonchev–Trinajstić information content (AvgIpc) is 2.46. The molecule has 0 radical (unpaired) electrons. The summed E-state index contributed by atoms with van der Waals surface area (Å²) in [6, 6.07) is 4.46. The number of hydrogen-bond acceptors (Lipinski definition) is 3. The van der Waals surface area contributed by atoms with Crippen molar-refractivity contribution in [2.75, 3.05) is 26.2 Å². The first-order valence-corrected chi connectivity index (χ1v) is 7.48. The molecule has 1 aromatic carbocycles. The van der Waals surface area contributed by atoms with Crippen molar-refractivity contribution in [1.29, 1.82) is 0 Å². The quantitative estimate of drug-likeness (QED) is 0.846. The third kappa shape index (κ3) is 4.51. The lowest BCUT2D eigenvalue weighted by Crippen LogP contribution is -2.41. The lowest BCUT2D eigenvalue weighted by molar-refractivity contribution is 0.00843. The number of carbonyl (C=O) groups excluding carboxylic acids is 1. The van der Waals surface area contributed by atoms with Crippen LogP contribution in [0.3, 0.4) is 0 Å². The molecule has 2 rings (SSSR count). The Balaban J connectivity index is 1.88. The van der Waals surface area contributed by atoms with Gasteiger partial charge in [0.2, 0.25) is 0 Å². The van der Waals surface area contributed by atoms with Gasteiger partial charge in [-0.15, -0.1) is 0 Å². The highest BCUT2D eigenvalue weighted by Crippen LogP contribution is 2.18. The van der Waals surface area contributed by atoms with Gasteiger partial charge in [-0.05, 0) is 56.5 Å². The lowest BCUT2D eigenvalue weighted by Gasteiger charge is -2.32. The monoisotopic (exact) mass is 294 g/mol. The zero-order valence-corrected chi connectivity index (χ0v) is 12.5. The topological polar surface area (TPSA) is 55.6 Å². The van der Waals surface area contributed by atoms with Gasteiger partial charge in [-0.3, -0.25) is 4.79 Å². The summed E-state index contributed by atoms with van der Waals surface area (Å²) in [4.78, 5) is 14.1. The highest BCUT2D eigenvalue weighted by atomic mass is 19.1. The number of rotatable bonds is 5. The molecule has 0 saturated carbocycles. The van der Waals surface area contributed by atoms with E-state index in [0.717, 1.165) is 24.8 Å². The molecule has 1 heterocycles. The van der Waals surface area contributed by atoms with Crippen molar-refractivity contribution in [2.45, 2.75) is 32.3 Å². The molecule has 1 fully saturated rings. The molecule has 1 aliphatic rings. The number of ether oxygens (including phenoxy) is 1. The predicted octanol–water partition coefficient (Wildman–Crippen LogP) is 2.10. The van der Waals surface area contributed by atoms with Gasteiger partial charge in [-0.1, -0.05) is 0 Å². The second-order valence-corrected chi connectivity index (χ2v) is 5.52. The Morgan fingerprint density at radius 3 is 2.71 bits per heavy atom. The number of amides is 1. The number of halogens is 1. The molecule has 0 bridgehead atoms. The molecule has 0 spiro atoms. The van der Waals surface area contributed by atoms with E-state index in [0.29, 0.717) is 31.8 Å². The van der Waals surface area contributed by atoms with Crippen molar-refractivity contribution >= 4 is 5.91 Å². The van der Waals surface area contributed by atoms with Crippen LogP contribution < -0.4 is 5.73 Å². The number of nitrogens with zero attached hydrogens (tertiary/aromatic N) is 1. The van der Waals surface area contributed by atoms with Crippen molar-refractivity contribution in [3.63, 3.8) is 0 Å². The van der Waals surface area contributed by atoms with Crippen LogP contribution in [0.5, 0.6) is 0 Å². The number of aryl methyl sites for hydroxylation is 1. The third-order valence-electron chi connectivity index (χ3n) is 3.72. The van der Waals surface area contributed by atoms with Crippen LogP contribution in [-0.2, 0) is 4.74 Å². The van der Waals surface area contributed by atoms with E-state index in [9.17, 15) is 9.18 Å². The standard InChI is InChI=1S/C16H23FN2O2/c1-12-9-13(11-14(17)10-12)16(20)19-6-3-15(4-7-19)21-8-2-5-18/h9-11,15H,2-8,18H2,1H3. The normalized spacial score (nSPS) is 16.2. The lowest BCUT2D eigenvalue weighted by atomic mass is 10.1. The molecular formula is C16H23FN2O2.